The molecule has 0 radical (unpaired) electrons. The van der Waals surface area contributed by atoms with Crippen LogP contribution >= 0.6 is 0 Å². The molecule has 0 aliphatic rings. The fourth-order valence-corrected chi connectivity index (χ4v) is 1.52. The SMILES string of the molecule is CC(C)n1nccc1CNCCCCO. The number of nitrogens with one attached hydrogen (secondary N) is 1. The summed E-state index contributed by atoms with van der Waals surface area (Å²) in [5.74, 6) is 0. The fourth-order valence-electron chi connectivity index (χ4n) is 1.52. The Morgan fingerprint density at radius 3 is 2.93 bits per heavy atom. The smallest absolute Gasteiger partial charge is 0.0525 e. The minimum absolute atomic E-state index is 0.283. The van der Waals surface area contributed by atoms with E-state index in [1.807, 2.05) is 16.9 Å². The van der Waals surface area contributed by atoms with Crippen LogP contribution in [0.2, 0.25) is 0 Å². The van der Waals surface area contributed by atoms with Crippen molar-refractivity contribution in [2.24, 2.45) is 0 Å². The Hall–Kier alpha value is -0.870. The minimum Gasteiger partial charge on any atom is -0.396 e. The molecule has 0 saturated heterocycles. The lowest BCUT2D eigenvalue weighted by atomic mass is 10.3. The molecule has 0 unspecified atom stereocenters. The maximum atomic E-state index is 8.62. The summed E-state index contributed by atoms with van der Waals surface area (Å²) in [6, 6.07) is 2.45. The number of nitrogens with zero attached hydrogens (tertiary/aromatic N) is 2. The second-order valence-corrected chi connectivity index (χ2v) is 3.97. The van der Waals surface area contributed by atoms with Gasteiger partial charge in [0.05, 0.1) is 5.69 Å². The predicted octanol–water partition coefficient (Wildman–Crippen LogP) is 1.33. The van der Waals surface area contributed by atoms with Crippen LogP contribution in [0.25, 0.3) is 0 Å². The largest absolute Gasteiger partial charge is 0.396 e. The molecule has 4 heteroatoms. The molecule has 0 saturated carbocycles. The summed E-state index contributed by atoms with van der Waals surface area (Å²) in [5, 5.41) is 16.2. The number of hydrogen-bond donors (Lipinski definition) is 2. The van der Waals surface area contributed by atoms with Crippen molar-refractivity contribution in [3.63, 3.8) is 0 Å². The molecule has 1 aromatic heterocycles. The number of aliphatic hydroxyl groups is 1. The Morgan fingerprint density at radius 2 is 2.27 bits per heavy atom. The van der Waals surface area contributed by atoms with Gasteiger partial charge in [-0.1, -0.05) is 0 Å². The van der Waals surface area contributed by atoms with E-state index in [4.69, 9.17) is 5.11 Å². The Bertz CT molecular complexity index is 271. The first-order valence-electron chi connectivity index (χ1n) is 5.59. The molecule has 0 fully saturated rings. The van der Waals surface area contributed by atoms with Crippen LogP contribution in [0.5, 0.6) is 0 Å². The van der Waals surface area contributed by atoms with E-state index in [9.17, 15) is 0 Å². The molecular weight excluding hydrogens is 190 g/mol. The lowest BCUT2D eigenvalue weighted by Gasteiger charge is -2.11. The Balaban J connectivity index is 2.28. The summed E-state index contributed by atoms with van der Waals surface area (Å²) in [4.78, 5) is 0. The van der Waals surface area contributed by atoms with Crippen LogP contribution in [-0.4, -0.2) is 28.0 Å². The maximum absolute atomic E-state index is 8.62. The molecule has 0 bridgehead atoms. The number of hydrogen-bond acceptors (Lipinski definition) is 3. The summed E-state index contributed by atoms with van der Waals surface area (Å²) in [6.07, 6.45) is 3.73. The van der Waals surface area contributed by atoms with Gasteiger partial charge in [-0.2, -0.15) is 5.10 Å². The second kappa shape index (κ2) is 6.58. The zero-order valence-corrected chi connectivity index (χ0v) is 9.61. The highest BCUT2D eigenvalue weighted by Gasteiger charge is 2.04. The highest BCUT2D eigenvalue weighted by atomic mass is 16.2. The third-order valence-electron chi connectivity index (χ3n) is 2.31. The van der Waals surface area contributed by atoms with Gasteiger partial charge in [-0.3, -0.25) is 4.68 Å². The van der Waals surface area contributed by atoms with Crippen molar-refractivity contribution in [1.29, 1.82) is 0 Å². The van der Waals surface area contributed by atoms with Gasteiger partial charge in [-0.15, -0.1) is 0 Å². The summed E-state index contributed by atoms with van der Waals surface area (Å²) in [7, 11) is 0. The highest BCUT2D eigenvalue weighted by molar-refractivity contribution is 5.00. The van der Waals surface area contributed by atoms with Gasteiger partial charge in [0.2, 0.25) is 0 Å². The van der Waals surface area contributed by atoms with Gasteiger partial charge in [0.15, 0.2) is 0 Å². The second-order valence-electron chi connectivity index (χ2n) is 3.97. The summed E-state index contributed by atoms with van der Waals surface area (Å²) in [6.45, 7) is 6.34. The van der Waals surface area contributed by atoms with E-state index in [-0.39, 0.29) is 6.61 Å². The van der Waals surface area contributed by atoms with Crippen LogP contribution in [0.3, 0.4) is 0 Å². The minimum atomic E-state index is 0.283. The van der Waals surface area contributed by atoms with Crippen LogP contribution in [0.1, 0.15) is 38.4 Å². The lowest BCUT2D eigenvalue weighted by Crippen LogP contribution is -2.19. The maximum Gasteiger partial charge on any atom is 0.0525 e. The van der Waals surface area contributed by atoms with Crippen molar-refractivity contribution in [3.8, 4) is 0 Å². The van der Waals surface area contributed by atoms with Gasteiger partial charge >= 0.3 is 0 Å². The van der Waals surface area contributed by atoms with E-state index in [0.717, 1.165) is 25.9 Å². The van der Waals surface area contributed by atoms with E-state index in [2.05, 4.69) is 24.3 Å². The molecule has 0 atom stereocenters. The first kappa shape index (κ1) is 12.2. The van der Waals surface area contributed by atoms with Gasteiger partial charge in [-0.05, 0) is 39.3 Å². The van der Waals surface area contributed by atoms with Crippen molar-refractivity contribution in [2.75, 3.05) is 13.2 Å². The van der Waals surface area contributed by atoms with Crippen molar-refractivity contribution >= 4 is 0 Å². The van der Waals surface area contributed by atoms with Crippen LogP contribution in [0.4, 0.5) is 0 Å². The van der Waals surface area contributed by atoms with E-state index in [0.29, 0.717) is 6.04 Å². The van der Waals surface area contributed by atoms with Gasteiger partial charge in [0.1, 0.15) is 0 Å². The van der Waals surface area contributed by atoms with Crippen molar-refractivity contribution in [3.05, 3.63) is 18.0 Å². The molecule has 4 nitrogen and oxygen atoms in total. The zero-order chi connectivity index (χ0) is 11.1. The van der Waals surface area contributed by atoms with Gasteiger partial charge in [-0.25, -0.2) is 0 Å². The summed E-state index contributed by atoms with van der Waals surface area (Å²) < 4.78 is 2.03. The van der Waals surface area contributed by atoms with Crippen molar-refractivity contribution in [1.82, 2.24) is 15.1 Å². The van der Waals surface area contributed by atoms with E-state index in [1.54, 1.807) is 0 Å². The first-order valence-corrected chi connectivity index (χ1v) is 5.59. The van der Waals surface area contributed by atoms with Crippen LogP contribution in [0, 0.1) is 0 Å². The topological polar surface area (TPSA) is 50.1 Å². The van der Waals surface area contributed by atoms with Gasteiger partial charge in [0.25, 0.3) is 0 Å². The van der Waals surface area contributed by atoms with Gasteiger partial charge in [0, 0.05) is 25.4 Å². The molecule has 1 rings (SSSR count). The van der Waals surface area contributed by atoms with Crippen molar-refractivity contribution in [2.45, 2.75) is 39.3 Å². The molecule has 1 aromatic rings. The molecule has 0 aliphatic carbocycles. The molecule has 86 valence electrons. The van der Waals surface area contributed by atoms with E-state index >= 15 is 0 Å². The predicted molar refractivity (Wildman–Crippen MR) is 60.6 cm³/mol. The van der Waals surface area contributed by atoms with Crippen LogP contribution < -0.4 is 5.32 Å². The third-order valence-corrected chi connectivity index (χ3v) is 2.31. The highest BCUT2D eigenvalue weighted by Crippen LogP contribution is 2.07. The summed E-state index contributed by atoms with van der Waals surface area (Å²) in [5.41, 5.74) is 1.22. The molecular formula is C11H21N3O. The molecule has 0 amide bonds. The Morgan fingerprint density at radius 1 is 1.47 bits per heavy atom. The molecule has 0 spiro atoms. The lowest BCUT2D eigenvalue weighted by molar-refractivity contribution is 0.283. The van der Waals surface area contributed by atoms with Crippen LogP contribution in [-0.2, 0) is 6.54 Å². The molecule has 0 aliphatic heterocycles. The third kappa shape index (κ3) is 4.01. The molecule has 0 aromatic carbocycles. The normalized spacial score (nSPS) is 11.2. The zero-order valence-electron chi connectivity index (χ0n) is 9.61. The van der Waals surface area contributed by atoms with Crippen molar-refractivity contribution < 1.29 is 5.11 Å². The van der Waals surface area contributed by atoms with E-state index in [1.165, 1.54) is 5.69 Å². The van der Waals surface area contributed by atoms with Crippen LogP contribution in [0.15, 0.2) is 12.3 Å². The van der Waals surface area contributed by atoms with Gasteiger partial charge < -0.3 is 10.4 Å². The average Bonchev–Trinajstić information content (AvgIpc) is 2.66. The summed E-state index contributed by atoms with van der Waals surface area (Å²) >= 11 is 0. The average molecular weight is 211 g/mol. The number of aliphatic hydroxyl groups excluding tert-OH is 1. The fraction of sp³-hybridized carbons (Fsp3) is 0.727. The Labute approximate surface area is 91.3 Å². The molecule has 15 heavy (non-hydrogen) atoms. The molecule has 1 heterocycles. The number of aromatic nitrogens is 2. The molecule has 2 N–H and O–H groups in total. The standard InChI is InChI=1S/C11H21N3O/c1-10(2)14-11(5-7-13-14)9-12-6-3-4-8-15/h5,7,10,12,15H,3-4,6,8-9H2,1-2H3. The monoisotopic (exact) mass is 211 g/mol. The first-order chi connectivity index (χ1) is 7.25. The number of unbranched alkanes of at least 4 members (excludes halogenated alkanes) is 1. The quantitative estimate of drug-likeness (QED) is 0.669. The Kier molecular flexibility index (Phi) is 5.36. The van der Waals surface area contributed by atoms with E-state index < -0.39 is 0 Å². The number of rotatable bonds is 7.